The Morgan fingerprint density at radius 2 is 2.00 bits per heavy atom. The van der Waals surface area contributed by atoms with Gasteiger partial charge in [-0.15, -0.1) is 6.58 Å². The summed E-state index contributed by atoms with van der Waals surface area (Å²) in [6.07, 6.45) is 8.57. The normalized spacial score (nSPS) is 13.7. The maximum atomic E-state index is 11.1. The predicted octanol–water partition coefficient (Wildman–Crippen LogP) is 1.76. The molecule has 0 aromatic heterocycles. The molecule has 90 valence electrons. The molecule has 3 nitrogen and oxygen atoms in total. The van der Waals surface area contributed by atoms with Gasteiger partial charge in [0.05, 0.1) is 5.75 Å². The highest BCUT2D eigenvalue weighted by Crippen LogP contribution is 2.07. The number of allylic oxidation sites excluding steroid dienone is 1. The molecule has 0 radical (unpaired) electrons. The lowest BCUT2D eigenvalue weighted by Crippen LogP contribution is -2.32. The van der Waals surface area contributed by atoms with E-state index in [1.807, 2.05) is 13.1 Å². The van der Waals surface area contributed by atoms with Crippen LogP contribution in [0.15, 0.2) is 12.7 Å². The standard InChI is InChI=1S/C11H23NO2S/c1-4-5-6-7-8-9-11(12-2)10-15(3,13)14/h4,11-12H,1,5-10H2,2-3H3. The fourth-order valence-corrected chi connectivity index (χ4v) is 2.60. The van der Waals surface area contributed by atoms with Gasteiger partial charge in [0.2, 0.25) is 0 Å². The minimum atomic E-state index is -2.86. The van der Waals surface area contributed by atoms with Crippen molar-refractivity contribution in [3.8, 4) is 0 Å². The largest absolute Gasteiger partial charge is 0.316 e. The highest BCUT2D eigenvalue weighted by molar-refractivity contribution is 7.90. The lowest BCUT2D eigenvalue weighted by atomic mass is 10.1. The second-order valence-electron chi connectivity index (χ2n) is 4.00. The first kappa shape index (κ1) is 14.6. The Kier molecular flexibility index (Phi) is 7.70. The summed E-state index contributed by atoms with van der Waals surface area (Å²) in [5.74, 6) is 0.241. The van der Waals surface area contributed by atoms with E-state index < -0.39 is 9.84 Å². The average molecular weight is 233 g/mol. The van der Waals surface area contributed by atoms with Crippen molar-refractivity contribution in [2.24, 2.45) is 0 Å². The molecule has 0 aromatic rings. The van der Waals surface area contributed by atoms with Crippen molar-refractivity contribution in [3.05, 3.63) is 12.7 Å². The zero-order valence-corrected chi connectivity index (χ0v) is 10.6. The molecule has 0 aliphatic heterocycles. The molecule has 0 aliphatic rings. The molecule has 1 atom stereocenters. The predicted molar refractivity (Wildman–Crippen MR) is 65.8 cm³/mol. The number of hydrogen-bond acceptors (Lipinski definition) is 3. The molecular formula is C11H23NO2S. The average Bonchev–Trinajstić information content (AvgIpc) is 2.14. The minimum absolute atomic E-state index is 0.101. The second kappa shape index (κ2) is 7.88. The summed E-state index contributed by atoms with van der Waals surface area (Å²) in [5, 5.41) is 3.05. The molecule has 0 aliphatic carbocycles. The smallest absolute Gasteiger partial charge is 0.148 e. The molecule has 1 N–H and O–H groups in total. The molecule has 0 amide bonds. The van der Waals surface area contributed by atoms with E-state index in [0.717, 1.165) is 32.1 Å². The SMILES string of the molecule is C=CCCCCCC(CS(C)(=O)=O)NC. The highest BCUT2D eigenvalue weighted by Gasteiger charge is 2.12. The maximum Gasteiger partial charge on any atom is 0.148 e. The number of sulfone groups is 1. The fraction of sp³-hybridized carbons (Fsp3) is 0.818. The lowest BCUT2D eigenvalue weighted by molar-refractivity contribution is 0.512. The molecule has 0 aromatic carbocycles. The highest BCUT2D eigenvalue weighted by atomic mass is 32.2. The molecule has 15 heavy (non-hydrogen) atoms. The van der Waals surface area contributed by atoms with Crippen LogP contribution in [0.2, 0.25) is 0 Å². The third-order valence-electron chi connectivity index (χ3n) is 2.37. The van der Waals surface area contributed by atoms with Gasteiger partial charge < -0.3 is 5.32 Å². The Bertz CT molecular complexity index is 260. The van der Waals surface area contributed by atoms with E-state index in [1.54, 1.807) is 0 Å². The maximum absolute atomic E-state index is 11.1. The van der Waals surface area contributed by atoms with E-state index in [-0.39, 0.29) is 11.8 Å². The van der Waals surface area contributed by atoms with Crippen molar-refractivity contribution < 1.29 is 8.42 Å². The van der Waals surface area contributed by atoms with Gasteiger partial charge in [0.25, 0.3) is 0 Å². The fourth-order valence-electron chi connectivity index (χ4n) is 1.53. The summed E-state index contributed by atoms with van der Waals surface area (Å²) in [7, 11) is -1.04. The van der Waals surface area contributed by atoms with Crippen LogP contribution >= 0.6 is 0 Å². The molecule has 0 fully saturated rings. The van der Waals surface area contributed by atoms with Crippen LogP contribution in [0.3, 0.4) is 0 Å². The van der Waals surface area contributed by atoms with Crippen LogP contribution in [0.5, 0.6) is 0 Å². The van der Waals surface area contributed by atoms with Crippen molar-refractivity contribution in [2.45, 2.75) is 38.1 Å². The zero-order valence-electron chi connectivity index (χ0n) is 9.83. The summed E-state index contributed by atoms with van der Waals surface area (Å²) in [6.45, 7) is 3.67. The molecule has 4 heteroatoms. The molecule has 0 spiro atoms. The van der Waals surface area contributed by atoms with Gasteiger partial charge in [-0.2, -0.15) is 0 Å². The topological polar surface area (TPSA) is 46.2 Å². The first-order valence-electron chi connectivity index (χ1n) is 5.45. The Labute approximate surface area is 93.9 Å². The van der Waals surface area contributed by atoms with Gasteiger partial charge in [0.15, 0.2) is 0 Å². The molecule has 1 unspecified atom stereocenters. The minimum Gasteiger partial charge on any atom is -0.316 e. The van der Waals surface area contributed by atoms with Gasteiger partial charge in [-0.3, -0.25) is 0 Å². The van der Waals surface area contributed by atoms with Gasteiger partial charge in [0.1, 0.15) is 9.84 Å². The number of unbranched alkanes of at least 4 members (excludes halogenated alkanes) is 3. The first-order chi connectivity index (χ1) is 6.99. The monoisotopic (exact) mass is 233 g/mol. The van der Waals surface area contributed by atoms with Crippen molar-refractivity contribution in [1.82, 2.24) is 5.32 Å². The van der Waals surface area contributed by atoms with Crippen LogP contribution in [0.1, 0.15) is 32.1 Å². The molecular weight excluding hydrogens is 210 g/mol. The van der Waals surface area contributed by atoms with Gasteiger partial charge in [0, 0.05) is 12.3 Å². The molecule has 0 heterocycles. The molecule has 0 saturated heterocycles. The van der Waals surface area contributed by atoms with E-state index in [4.69, 9.17) is 0 Å². The van der Waals surface area contributed by atoms with E-state index >= 15 is 0 Å². The molecule has 0 saturated carbocycles. The van der Waals surface area contributed by atoms with Crippen molar-refractivity contribution in [2.75, 3.05) is 19.1 Å². The number of hydrogen-bond donors (Lipinski definition) is 1. The van der Waals surface area contributed by atoms with E-state index in [0.29, 0.717) is 0 Å². The van der Waals surface area contributed by atoms with Crippen LogP contribution < -0.4 is 5.32 Å². The zero-order chi connectivity index (χ0) is 11.7. The Hall–Kier alpha value is -0.350. The van der Waals surface area contributed by atoms with Gasteiger partial charge in [-0.05, 0) is 26.3 Å². The van der Waals surface area contributed by atoms with Crippen LogP contribution in [-0.2, 0) is 9.84 Å². The van der Waals surface area contributed by atoms with E-state index in [2.05, 4.69) is 11.9 Å². The summed E-state index contributed by atoms with van der Waals surface area (Å²) in [6, 6.07) is 0.101. The summed E-state index contributed by atoms with van der Waals surface area (Å²) >= 11 is 0. The van der Waals surface area contributed by atoms with Crippen molar-refractivity contribution >= 4 is 9.84 Å². The van der Waals surface area contributed by atoms with E-state index in [1.165, 1.54) is 6.26 Å². The van der Waals surface area contributed by atoms with Crippen LogP contribution in [0.25, 0.3) is 0 Å². The third kappa shape index (κ3) is 9.94. The van der Waals surface area contributed by atoms with Crippen LogP contribution in [0.4, 0.5) is 0 Å². The Balaban J connectivity index is 3.67. The Morgan fingerprint density at radius 1 is 1.33 bits per heavy atom. The summed E-state index contributed by atoms with van der Waals surface area (Å²) < 4.78 is 22.2. The quantitative estimate of drug-likeness (QED) is 0.487. The van der Waals surface area contributed by atoms with Gasteiger partial charge >= 0.3 is 0 Å². The summed E-state index contributed by atoms with van der Waals surface area (Å²) in [4.78, 5) is 0. The lowest BCUT2D eigenvalue weighted by Gasteiger charge is -2.14. The van der Waals surface area contributed by atoms with E-state index in [9.17, 15) is 8.42 Å². The third-order valence-corrected chi connectivity index (χ3v) is 3.38. The summed E-state index contributed by atoms with van der Waals surface area (Å²) in [5.41, 5.74) is 0. The Morgan fingerprint density at radius 3 is 2.47 bits per heavy atom. The van der Waals surface area contributed by atoms with Crippen molar-refractivity contribution in [1.29, 1.82) is 0 Å². The van der Waals surface area contributed by atoms with Gasteiger partial charge in [-0.1, -0.05) is 18.9 Å². The van der Waals surface area contributed by atoms with Crippen LogP contribution in [-0.4, -0.2) is 33.5 Å². The molecule has 0 rings (SSSR count). The first-order valence-corrected chi connectivity index (χ1v) is 7.51. The van der Waals surface area contributed by atoms with Crippen molar-refractivity contribution in [3.63, 3.8) is 0 Å². The molecule has 0 bridgehead atoms. The van der Waals surface area contributed by atoms with Gasteiger partial charge in [-0.25, -0.2) is 8.42 Å². The number of rotatable bonds is 9. The second-order valence-corrected chi connectivity index (χ2v) is 6.19. The number of nitrogens with one attached hydrogen (secondary N) is 1. The van der Waals surface area contributed by atoms with Crippen LogP contribution in [0, 0.1) is 0 Å².